The molecular formula is C26H31NO3. The van der Waals surface area contributed by atoms with E-state index in [0.717, 1.165) is 47.9 Å². The topological polar surface area (TPSA) is 50.9 Å². The Bertz CT molecular complexity index is 889. The molecule has 1 atom stereocenters. The number of aliphatic hydroxyl groups is 1. The monoisotopic (exact) mass is 405 g/mol. The Labute approximate surface area is 180 Å². The number of aryl methyl sites for hydroxylation is 1. The first-order valence-electron chi connectivity index (χ1n) is 10.6. The molecule has 1 N–H and O–H groups in total. The van der Waals surface area contributed by atoms with Crippen molar-refractivity contribution in [2.45, 2.75) is 53.1 Å². The summed E-state index contributed by atoms with van der Waals surface area (Å²) in [6.45, 7) is 14.2. The molecule has 0 heterocycles. The van der Waals surface area contributed by atoms with Gasteiger partial charge in [-0.25, -0.2) is 4.85 Å². The van der Waals surface area contributed by atoms with Crippen molar-refractivity contribution < 1.29 is 14.6 Å². The lowest BCUT2D eigenvalue weighted by atomic mass is 9.94. The summed E-state index contributed by atoms with van der Waals surface area (Å²) in [7, 11) is 0. The summed E-state index contributed by atoms with van der Waals surface area (Å²) < 4.78 is 5.59. The van der Waals surface area contributed by atoms with Crippen molar-refractivity contribution >= 4 is 11.5 Å². The zero-order valence-corrected chi connectivity index (χ0v) is 18.1. The molecular weight excluding hydrogens is 374 g/mol. The van der Waals surface area contributed by atoms with Crippen molar-refractivity contribution in [2.24, 2.45) is 5.92 Å². The van der Waals surface area contributed by atoms with E-state index in [1.807, 2.05) is 43.3 Å². The highest BCUT2D eigenvalue weighted by molar-refractivity contribution is 6.03. The molecule has 158 valence electrons. The highest BCUT2D eigenvalue weighted by Gasteiger charge is 2.22. The van der Waals surface area contributed by atoms with Gasteiger partial charge in [0.05, 0.1) is 19.8 Å². The molecule has 0 saturated carbocycles. The Balaban J connectivity index is 2.42. The number of unbranched alkanes of at least 4 members (excludes halogenated alkanes) is 1. The first-order valence-corrected chi connectivity index (χ1v) is 10.6. The summed E-state index contributed by atoms with van der Waals surface area (Å²) in [4.78, 5) is 16.5. The number of carbonyl (C=O) groups excluding carboxylic acids is 1. The van der Waals surface area contributed by atoms with E-state index in [2.05, 4.69) is 18.7 Å². The number of rotatable bonds is 10. The first-order chi connectivity index (χ1) is 14.5. The van der Waals surface area contributed by atoms with Crippen molar-refractivity contribution in [3.05, 3.63) is 87.9 Å². The number of hydrogen-bond donors (Lipinski definition) is 1. The number of esters is 1. The molecule has 4 heteroatoms. The van der Waals surface area contributed by atoms with Crippen molar-refractivity contribution in [3.63, 3.8) is 0 Å². The second-order valence-electron chi connectivity index (χ2n) is 7.57. The van der Waals surface area contributed by atoms with Crippen molar-refractivity contribution in [1.82, 2.24) is 0 Å². The van der Waals surface area contributed by atoms with Crippen LogP contribution in [0.15, 0.2) is 54.2 Å². The van der Waals surface area contributed by atoms with Crippen LogP contribution in [0.2, 0.25) is 0 Å². The molecule has 0 saturated heterocycles. The minimum Gasteiger partial charge on any atom is -0.470 e. The molecule has 2 aromatic rings. The Morgan fingerprint density at radius 3 is 2.17 bits per heavy atom. The SMILES string of the molecule is [C-]#[N+]/C(C(=O)OCC(CC)CCCC)=C(/c1ccc(C)cc1)c1ccc(CO)cc1. The molecule has 30 heavy (non-hydrogen) atoms. The highest BCUT2D eigenvalue weighted by Crippen LogP contribution is 2.29. The van der Waals surface area contributed by atoms with Crippen LogP contribution in [0.1, 0.15) is 61.8 Å². The van der Waals surface area contributed by atoms with Crippen molar-refractivity contribution in [1.29, 1.82) is 0 Å². The lowest BCUT2D eigenvalue weighted by molar-refractivity contribution is -0.140. The van der Waals surface area contributed by atoms with Crippen LogP contribution in [0.25, 0.3) is 10.4 Å². The molecule has 0 aromatic heterocycles. The van der Waals surface area contributed by atoms with Crippen LogP contribution in [0.5, 0.6) is 0 Å². The summed E-state index contributed by atoms with van der Waals surface area (Å²) in [5.74, 6) is -0.269. The zero-order valence-electron chi connectivity index (χ0n) is 18.1. The zero-order chi connectivity index (χ0) is 21.9. The molecule has 0 radical (unpaired) electrons. The molecule has 0 fully saturated rings. The number of ether oxygens (including phenoxy) is 1. The van der Waals surface area contributed by atoms with E-state index < -0.39 is 5.97 Å². The third-order valence-electron chi connectivity index (χ3n) is 5.30. The summed E-state index contributed by atoms with van der Waals surface area (Å²) in [5, 5.41) is 9.33. The van der Waals surface area contributed by atoms with Gasteiger partial charge in [-0.3, -0.25) is 4.79 Å². The van der Waals surface area contributed by atoms with Crippen LogP contribution in [-0.4, -0.2) is 17.7 Å². The quantitative estimate of drug-likeness (QED) is 0.303. The van der Waals surface area contributed by atoms with Gasteiger partial charge in [-0.2, -0.15) is 0 Å². The van der Waals surface area contributed by atoms with Crippen LogP contribution in [0.3, 0.4) is 0 Å². The van der Waals surface area contributed by atoms with Gasteiger partial charge in [-0.05, 0) is 36.0 Å². The van der Waals surface area contributed by atoms with Gasteiger partial charge in [0.2, 0.25) is 0 Å². The average Bonchev–Trinajstić information content (AvgIpc) is 2.78. The van der Waals surface area contributed by atoms with E-state index in [9.17, 15) is 9.90 Å². The fraction of sp³-hybridized carbons (Fsp3) is 0.385. The van der Waals surface area contributed by atoms with Crippen LogP contribution in [0.4, 0.5) is 0 Å². The van der Waals surface area contributed by atoms with Gasteiger partial charge in [-0.1, -0.05) is 87.2 Å². The molecule has 0 spiro atoms. The molecule has 0 aliphatic rings. The maximum atomic E-state index is 12.9. The minimum absolute atomic E-state index is 0.0130. The van der Waals surface area contributed by atoms with Gasteiger partial charge in [0.1, 0.15) is 0 Å². The highest BCUT2D eigenvalue weighted by atomic mass is 16.5. The number of nitrogens with zero attached hydrogens (tertiary/aromatic N) is 1. The van der Waals surface area contributed by atoms with Gasteiger partial charge in [-0.15, -0.1) is 0 Å². The van der Waals surface area contributed by atoms with E-state index in [4.69, 9.17) is 11.3 Å². The van der Waals surface area contributed by atoms with E-state index in [1.165, 1.54) is 0 Å². The Morgan fingerprint density at radius 1 is 1.07 bits per heavy atom. The normalized spacial score (nSPS) is 12.6. The van der Waals surface area contributed by atoms with Crippen molar-refractivity contribution in [2.75, 3.05) is 6.61 Å². The van der Waals surface area contributed by atoms with Gasteiger partial charge in [0, 0.05) is 5.57 Å². The predicted octanol–water partition coefficient (Wildman–Crippen LogP) is 5.93. The lowest BCUT2D eigenvalue weighted by Gasteiger charge is -2.16. The number of benzene rings is 2. The summed E-state index contributed by atoms with van der Waals surface area (Å²) in [6.07, 6.45) is 4.18. The molecule has 0 amide bonds. The maximum absolute atomic E-state index is 12.9. The molecule has 2 aromatic carbocycles. The predicted molar refractivity (Wildman–Crippen MR) is 120 cm³/mol. The molecule has 0 bridgehead atoms. The van der Waals surface area contributed by atoms with E-state index in [0.29, 0.717) is 18.1 Å². The minimum atomic E-state index is -0.582. The standard InChI is InChI=1S/C26H31NO3/c1-5-7-8-20(6-2)18-30-26(29)25(27-4)24(22-13-9-19(3)10-14-22)23-15-11-21(17-28)12-16-23/h9-16,20,28H,5-8,17-18H2,1-3H3/b25-24-. The number of carbonyl (C=O) groups is 1. The molecule has 4 nitrogen and oxygen atoms in total. The smallest absolute Gasteiger partial charge is 0.336 e. The summed E-state index contributed by atoms with van der Waals surface area (Å²) in [5.41, 5.74) is 3.95. The Morgan fingerprint density at radius 2 is 1.67 bits per heavy atom. The van der Waals surface area contributed by atoms with Crippen LogP contribution in [-0.2, 0) is 16.1 Å². The molecule has 0 aliphatic carbocycles. The first kappa shape index (κ1) is 23.4. The second-order valence-corrected chi connectivity index (χ2v) is 7.57. The summed E-state index contributed by atoms with van der Waals surface area (Å²) in [6, 6.07) is 15.0. The van der Waals surface area contributed by atoms with E-state index in [1.54, 1.807) is 12.1 Å². The van der Waals surface area contributed by atoms with Gasteiger partial charge < -0.3 is 9.84 Å². The lowest BCUT2D eigenvalue weighted by Crippen LogP contribution is -2.15. The van der Waals surface area contributed by atoms with Gasteiger partial charge in [0.25, 0.3) is 5.70 Å². The fourth-order valence-corrected chi connectivity index (χ4v) is 3.30. The number of hydrogen-bond acceptors (Lipinski definition) is 3. The maximum Gasteiger partial charge on any atom is 0.336 e. The van der Waals surface area contributed by atoms with E-state index >= 15 is 0 Å². The molecule has 1 unspecified atom stereocenters. The molecule has 0 aliphatic heterocycles. The fourth-order valence-electron chi connectivity index (χ4n) is 3.30. The summed E-state index contributed by atoms with van der Waals surface area (Å²) >= 11 is 0. The van der Waals surface area contributed by atoms with Gasteiger partial charge in [0.15, 0.2) is 0 Å². The third kappa shape index (κ3) is 6.30. The van der Waals surface area contributed by atoms with Crippen LogP contribution in [0, 0.1) is 19.4 Å². The Kier molecular flexibility index (Phi) is 9.31. The van der Waals surface area contributed by atoms with Crippen LogP contribution >= 0.6 is 0 Å². The molecule has 2 rings (SSSR count). The van der Waals surface area contributed by atoms with Crippen LogP contribution < -0.4 is 0 Å². The van der Waals surface area contributed by atoms with Gasteiger partial charge >= 0.3 is 5.97 Å². The number of aliphatic hydroxyl groups excluding tert-OH is 1. The average molecular weight is 406 g/mol. The Hall–Kier alpha value is -2.90. The second kappa shape index (κ2) is 11.9. The van der Waals surface area contributed by atoms with E-state index in [-0.39, 0.29) is 12.3 Å². The largest absolute Gasteiger partial charge is 0.470 e. The van der Waals surface area contributed by atoms with Crippen molar-refractivity contribution in [3.8, 4) is 0 Å². The third-order valence-corrected chi connectivity index (χ3v) is 5.30.